The lowest BCUT2D eigenvalue weighted by Gasteiger charge is -2.26. The molecule has 0 rings (SSSR count). The Morgan fingerprint density at radius 3 is 1.45 bits per heavy atom. The van der Waals surface area contributed by atoms with Gasteiger partial charge in [-0.15, -0.1) is 0 Å². The maximum atomic E-state index is 12.9. The van der Waals surface area contributed by atoms with Crippen LogP contribution in [-0.4, -0.2) is 73.4 Å². The lowest BCUT2D eigenvalue weighted by Crippen LogP contribution is -2.46. The first-order valence-electron chi connectivity index (χ1n) is 22.6. The van der Waals surface area contributed by atoms with E-state index < -0.39 is 20.0 Å². The van der Waals surface area contributed by atoms with E-state index in [2.05, 4.69) is 31.3 Å². The molecule has 0 aliphatic rings. The number of aliphatic hydroxyl groups excluding tert-OH is 1. The fourth-order valence-electron chi connectivity index (χ4n) is 6.63. The van der Waals surface area contributed by atoms with Gasteiger partial charge in [0.05, 0.1) is 39.9 Å². The highest BCUT2D eigenvalue weighted by Crippen LogP contribution is 2.43. The summed E-state index contributed by atoms with van der Waals surface area (Å²) in [5, 5.41) is 13.9. The van der Waals surface area contributed by atoms with Crippen molar-refractivity contribution in [1.29, 1.82) is 0 Å². The molecule has 0 heterocycles. The number of nitrogens with zero attached hydrogens (tertiary/aromatic N) is 1. The number of aliphatic hydroxyl groups is 1. The summed E-state index contributed by atoms with van der Waals surface area (Å²) in [6.45, 7) is 4.88. The molecule has 0 bridgehead atoms. The normalized spacial score (nSPS) is 14.5. The minimum atomic E-state index is -4.31. The third kappa shape index (κ3) is 39.3. The maximum Gasteiger partial charge on any atom is 0.472 e. The van der Waals surface area contributed by atoms with Gasteiger partial charge in [0.15, 0.2) is 0 Å². The van der Waals surface area contributed by atoms with Crippen molar-refractivity contribution in [1.82, 2.24) is 5.32 Å². The van der Waals surface area contributed by atoms with Crippen LogP contribution in [0.1, 0.15) is 213 Å². The molecule has 0 saturated carbocycles. The Morgan fingerprint density at radius 2 is 1.02 bits per heavy atom. The predicted molar refractivity (Wildman–Crippen MR) is 226 cm³/mol. The van der Waals surface area contributed by atoms with Gasteiger partial charge < -0.3 is 19.8 Å². The summed E-state index contributed by atoms with van der Waals surface area (Å²) >= 11 is 0. The first-order chi connectivity index (χ1) is 25.5. The van der Waals surface area contributed by atoms with Gasteiger partial charge in [0.25, 0.3) is 0 Å². The van der Waals surface area contributed by atoms with Crippen molar-refractivity contribution in [3.63, 3.8) is 0 Å². The Morgan fingerprint density at radius 1 is 0.623 bits per heavy atom. The van der Waals surface area contributed by atoms with Gasteiger partial charge in [-0.2, -0.15) is 0 Å². The van der Waals surface area contributed by atoms with Crippen molar-refractivity contribution >= 4 is 13.7 Å². The number of quaternary nitrogens is 1. The molecule has 8 nitrogen and oxygen atoms in total. The Hall–Kier alpha value is -0.760. The Bertz CT molecular complexity index is 880. The lowest BCUT2D eigenvalue weighted by molar-refractivity contribution is -0.870. The number of rotatable bonds is 41. The molecule has 0 radical (unpaired) electrons. The van der Waals surface area contributed by atoms with E-state index in [9.17, 15) is 19.4 Å². The molecule has 316 valence electrons. The summed E-state index contributed by atoms with van der Waals surface area (Å²) in [5.74, 6) is -0.147. The number of carbonyl (C=O) groups is 1. The van der Waals surface area contributed by atoms with Crippen LogP contribution in [0.5, 0.6) is 0 Å². The van der Waals surface area contributed by atoms with Crippen LogP contribution in [-0.2, 0) is 18.4 Å². The lowest BCUT2D eigenvalue weighted by atomic mass is 10.0. The molecular weight excluding hydrogens is 683 g/mol. The van der Waals surface area contributed by atoms with Gasteiger partial charge in [0, 0.05) is 6.42 Å². The van der Waals surface area contributed by atoms with Crippen LogP contribution in [0.2, 0.25) is 0 Å². The van der Waals surface area contributed by atoms with Crippen molar-refractivity contribution in [2.45, 2.75) is 225 Å². The van der Waals surface area contributed by atoms with E-state index in [1.807, 2.05) is 21.1 Å². The quantitative estimate of drug-likeness (QED) is 0.0247. The molecule has 9 heteroatoms. The molecule has 0 aromatic heterocycles. The third-order valence-electron chi connectivity index (χ3n) is 10.3. The highest BCUT2D eigenvalue weighted by molar-refractivity contribution is 7.47. The van der Waals surface area contributed by atoms with Gasteiger partial charge in [-0.3, -0.25) is 13.8 Å². The molecular formula is C44H90N2O6P+. The number of hydrogen-bond acceptors (Lipinski definition) is 5. The first kappa shape index (κ1) is 52.2. The summed E-state index contributed by atoms with van der Waals surface area (Å²) in [4.78, 5) is 23.1. The van der Waals surface area contributed by atoms with Gasteiger partial charge in [0.2, 0.25) is 5.91 Å². The number of hydrogen-bond donors (Lipinski definition) is 3. The van der Waals surface area contributed by atoms with E-state index in [1.54, 1.807) is 0 Å². The maximum absolute atomic E-state index is 12.9. The monoisotopic (exact) mass is 774 g/mol. The molecule has 0 spiro atoms. The van der Waals surface area contributed by atoms with Gasteiger partial charge in [-0.1, -0.05) is 180 Å². The van der Waals surface area contributed by atoms with E-state index in [1.165, 1.54) is 148 Å². The van der Waals surface area contributed by atoms with E-state index >= 15 is 0 Å². The summed E-state index contributed by atoms with van der Waals surface area (Å²) in [6, 6.07) is -0.756. The average Bonchev–Trinajstić information content (AvgIpc) is 3.10. The number of phosphoric acid groups is 1. The molecule has 0 aliphatic carbocycles. The fraction of sp³-hybridized carbons (Fsp3) is 0.932. The minimum absolute atomic E-state index is 0.0759. The second-order valence-corrected chi connectivity index (χ2v) is 18.2. The first-order valence-corrected chi connectivity index (χ1v) is 24.0. The SMILES string of the molecule is CCCCCCCCCC/C=C\CCCCCCCCCCCC(=O)NC(COP(=O)(O)OCC[N+](C)(C)C)C(O)CCCCCCCCCCCC. The average molecular weight is 774 g/mol. The van der Waals surface area contributed by atoms with Crippen LogP contribution in [0.3, 0.4) is 0 Å². The van der Waals surface area contributed by atoms with Crippen LogP contribution in [0.4, 0.5) is 0 Å². The van der Waals surface area contributed by atoms with Crippen LogP contribution >= 0.6 is 7.82 Å². The molecule has 0 aliphatic heterocycles. The number of phosphoric ester groups is 1. The number of allylic oxidation sites excluding steroid dienone is 2. The Labute approximate surface area is 329 Å². The van der Waals surface area contributed by atoms with Gasteiger partial charge >= 0.3 is 7.82 Å². The predicted octanol–water partition coefficient (Wildman–Crippen LogP) is 12.4. The summed E-state index contributed by atoms with van der Waals surface area (Å²) in [6.07, 6.45) is 41.0. The number of amides is 1. The molecule has 3 unspecified atom stereocenters. The van der Waals surface area contributed by atoms with E-state index in [4.69, 9.17) is 9.05 Å². The third-order valence-corrected chi connectivity index (χ3v) is 11.2. The number of nitrogens with one attached hydrogen (secondary N) is 1. The molecule has 1 amide bonds. The molecule has 53 heavy (non-hydrogen) atoms. The summed E-state index contributed by atoms with van der Waals surface area (Å²) in [7, 11) is 1.62. The van der Waals surface area contributed by atoms with Crippen LogP contribution in [0.15, 0.2) is 12.2 Å². The van der Waals surface area contributed by atoms with Crippen LogP contribution in [0, 0.1) is 0 Å². The van der Waals surface area contributed by atoms with Crippen LogP contribution in [0.25, 0.3) is 0 Å². The zero-order valence-electron chi connectivity index (χ0n) is 35.8. The minimum Gasteiger partial charge on any atom is -0.391 e. The van der Waals surface area contributed by atoms with E-state index in [0.29, 0.717) is 23.9 Å². The summed E-state index contributed by atoms with van der Waals surface area (Å²) < 4.78 is 23.6. The molecule has 3 atom stereocenters. The van der Waals surface area contributed by atoms with Crippen molar-refractivity contribution in [2.75, 3.05) is 40.9 Å². The smallest absolute Gasteiger partial charge is 0.391 e. The topological polar surface area (TPSA) is 105 Å². The number of carbonyl (C=O) groups excluding carboxylic acids is 1. The largest absolute Gasteiger partial charge is 0.472 e. The molecule has 0 fully saturated rings. The zero-order chi connectivity index (χ0) is 39.3. The molecule has 3 N–H and O–H groups in total. The highest BCUT2D eigenvalue weighted by Gasteiger charge is 2.28. The number of unbranched alkanes of at least 4 members (excludes halogenated alkanes) is 26. The molecule has 0 saturated heterocycles. The highest BCUT2D eigenvalue weighted by atomic mass is 31.2. The van der Waals surface area contributed by atoms with Crippen molar-refractivity contribution in [3.05, 3.63) is 12.2 Å². The van der Waals surface area contributed by atoms with Gasteiger partial charge in [-0.25, -0.2) is 4.57 Å². The van der Waals surface area contributed by atoms with Crippen molar-refractivity contribution in [3.8, 4) is 0 Å². The Balaban J connectivity index is 4.22. The standard InChI is InChI=1S/C44H89N2O6P/c1-6-8-10-12-14-16-18-19-20-21-22-23-24-25-26-27-28-30-32-34-36-38-44(48)45-42(41-52-53(49,50)51-40-39-46(3,4)5)43(47)37-35-33-31-29-17-15-13-11-9-7-2/h21-22,42-43,47H,6-20,23-41H2,1-5H3,(H-,45,48,49,50)/p+1/b22-21-. The van der Waals surface area contributed by atoms with Crippen LogP contribution < -0.4 is 5.32 Å². The van der Waals surface area contributed by atoms with Gasteiger partial charge in [0.1, 0.15) is 13.2 Å². The second-order valence-electron chi connectivity index (χ2n) is 16.8. The van der Waals surface area contributed by atoms with E-state index in [-0.39, 0.29) is 19.1 Å². The number of likely N-dealkylation sites (N-methyl/N-ethyl adjacent to an activating group) is 1. The fourth-order valence-corrected chi connectivity index (χ4v) is 7.36. The van der Waals surface area contributed by atoms with E-state index in [0.717, 1.165) is 38.5 Å². The Kier molecular flexibility index (Phi) is 36.3. The van der Waals surface area contributed by atoms with Gasteiger partial charge in [-0.05, 0) is 38.5 Å². The second kappa shape index (κ2) is 36.9. The molecule has 0 aromatic rings. The zero-order valence-corrected chi connectivity index (χ0v) is 36.7. The van der Waals surface area contributed by atoms with Crippen molar-refractivity contribution < 1.29 is 32.9 Å². The van der Waals surface area contributed by atoms with Crippen molar-refractivity contribution in [2.24, 2.45) is 0 Å². The molecule has 0 aromatic carbocycles. The summed E-state index contributed by atoms with van der Waals surface area (Å²) in [5.41, 5.74) is 0.